The number of carbonyl (C=O) groups excluding carboxylic acids is 1. The Morgan fingerprint density at radius 3 is 2.58 bits per heavy atom. The summed E-state index contributed by atoms with van der Waals surface area (Å²) in [7, 11) is 1.48. The van der Waals surface area contributed by atoms with E-state index >= 15 is 0 Å². The quantitative estimate of drug-likeness (QED) is 0.914. The third kappa shape index (κ3) is 6.08. The average Bonchev–Trinajstić information content (AvgIpc) is 2.25. The SMILES string of the molecule is COc1cc(F)cc(CCNC(=O)OC(C)(C)C)c1. The van der Waals surface area contributed by atoms with E-state index in [1.54, 1.807) is 26.8 Å². The first kappa shape index (κ1) is 15.3. The molecule has 0 radical (unpaired) electrons. The number of benzene rings is 1. The molecule has 0 aromatic heterocycles. The van der Waals surface area contributed by atoms with Gasteiger partial charge in [0.15, 0.2) is 0 Å². The molecule has 0 aliphatic heterocycles. The van der Waals surface area contributed by atoms with E-state index in [4.69, 9.17) is 9.47 Å². The minimum atomic E-state index is -0.522. The van der Waals surface area contributed by atoms with Crippen molar-refractivity contribution in [2.45, 2.75) is 32.8 Å². The molecule has 106 valence electrons. The van der Waals surface area contributed by atoms with E-state index in [0.29, 0.717) is 18.7 Å². The zero-order valence-corrected chi connectivity index (χ0v) is 11.7. The molecule has 0 aliphatic carbocycles. The first-order valence-corrected chi connectivity index (χ1v) is 6.10. The fourth-order valence-electron chi connectivity index (χ4n) is 1.51. The molecule has 1 amide bonds. The second-order valence-corrected chi connectivity index (χ2v) is 5.18. The van der Waals surface area contributed by atoms with Gasteiger partial charge in [-0.3, -0.25) is 0 Å². The lowest BCUT2D eigenvalue weighted by Crippen LogP contribution is -2.33. The van der Waals surface area contributed by atoms with Crippen LogP contribution in [0, 0.1) is 5.82 Å². The molecule has 0 atom stereocenters. The molecule has 0 unspecified atom stereocenters. The predicted octanol–water partition coefficient (Wildman–Crippen LogP) is 2.90. The number of alkyl carbamates (subject to hydrolysis) is 1. The smallest absolute Gasteiger partial charge is 0.407 e. The summed E-state index contributed by atoms with van der Waals surface area (Å²) in [5, 5.41) is 2.62. The lowest BCUT2D eigenvalue weighted by molar-refractivity contribution is 0.0528. The number of ether oxygens (including phenoxy) is 2. The van der Waals surface area contributed by atoms with E-state index in [9.17, 15) is 9.18 Å². The van der Waals surface area contributed by atoms with Gasteiger partial charge >= 0.3 is 6.09 Å². The molecule has 0 spiro atoms. The molecule has 0 fully saturated rings. The van der Waals surface area contributed by atoms with Crippen molar-refractivity contribution in [3.63, 3.8) is 0 Å². The summed E-state index contributed by atoms with van der Waals surface area (Å²) in [6.07, 6.45) is 0.0313. The van der Waals surface area contributed by atoms with Crippen molar-refractivity contribution in [1.29, 1.82) is 0 Å². The van der Waals surface area contributed by atoms with Crippen molar-refractivity contribution in [1.82, 2.24) is 5.32 Å². The van der Waals surface area contributed by atoms with Crippen LogP contribution in [0.4, 0.5) is 9.18 Å². The molecule has 19 heavy (non-hydrogen) atoms. The van der Waals surface area contributed by atoms with Crippen LogP contribution in [0.3, 0.4) is 0 Å². The van der Waals surface area contributed by atoms with E-state index < -0.39 is 11.7 Å². The van der Waals surface area contributed by atoms with Gasteiger partial charge in [0.25, 0.3) is 0 Å². The number of rotatable bonds is 4. The molecular weight excluding hydrogens is 249 g/mol. The molecule has 0 aliphatic rings. The van der Waals surface area contributed by atoms with Crippen molar-refractivity contribution in [3.8, 4) is 5.75 Å². The van der Waals surface area contributed by atoms with Crippen molar-refractivity contribution in [2.24, 2.45) is 0 Å². The average molecular weight is 269 g/mol. The topological polar surface area (TPSA) is 47.6 Å². The molecule has 1 N–H and O–H groups in total. The lowest BCUT2D eigenvalue weighted by atomic mass is 10.1. The lowest BCUT2D eigenvalue weighted by Gasteiger charge is -2.19. The zero-order valence-electron chi connectivity index (χ0n) is 11.7. The summed E-state index contributed by atoms with van der Waals surface area (Å²) < 4.78 is 23.3. The van der Waals surface area contributed by atoms with Gasteiger partial charge in [-0.15, -0.1) is 0 Å². The van der Waals surface area contributed by atoms with Gasteiger partial charge in [0, 0.05) is 12.6 Å². The molecule has 5 heteroatoms. The first-order valence-electron chi connectivity index (χ1n) is 6.10. The number of hydrogen-bond acceptors (Lipinski definition) is 3. The number of carbonyl (C=O) groups is 1. The second kappa shape index (κ2) is 6.41. The number of methoxy groups -OCH3 is 1. The Morgan fingerprint density at radius 2 is 2.00 bits per heavy atom. The standard InChI is InChI=1S/C14H20FNO3/c1-14(2,3)19-13(17)16-6-5-10-7-11(15)9-12(8-10)18-4/h7-9H,5-6H2,1-4H3,(H,16,17). The van der Waals surface area contributed by atoms with Gasteiger partial charge in [-0.05, 0) is 44.9 Å². The van der Waals surface area contributed by atoms with Crippen molar-refractivity contribution in [2.75, 3.05) is 13.7 Å². The number of hydrogen-bond donors (Lipinski definition) is 1. The van der Waals surface area contributed by atoms with Gasteiger partial charge in [-0.2, -0.15) is 0 Å². The fourth-order valence-corrected chi connectivity index (χ4v) is 1.51. The van der Waals surface area contributed by atoms with Crippen LogP contribution in [0.5, 0.6) is 5.75 Å². The van der Waals surface area contributed by atoms with Gasteiger partial charge in [-0.1, -0.05) is 0 Å². The molecule has 0 saturated carbocycles. The molecule has 1 aromatic carbocycles. The maximum atomic E-state index is 13.2. The minimum absolute atomic E-state index is 0.355. The number of nitrogens with one attached hydrogen (secondary N) is 1. The van der Waals surface area contributed by atoms with Crippen LogP contribution >= 0.6 is 0 Å². The Morgan fingerprint density at radius 1 is 1.32 bits per heavy atom. The summed E-state index contributed by atoms with van der Waals surface area (Å²) in [4.78, 5) is 11.4. The molecule has 4 nitrogen and oxygen atoms in total. The number of halogens is 1. The zero-order chi connectivity index (χ0) is 14.5. The van der Waals surface area contributed by atoms with Gasteiger partial charge < -0.3 is 14.8 Å². The maximum Gasteiger partial charge on any atom is 0.407 e. The van der Waals surface area contributed by atoms with E-state index in [0.717, 1.165) is 5.56 Å². The molecule has 0 heterocycles. The first-order chi connectivity index (χ1) is 8.80. The Hall–Kier alpha value is -1.78. The molecule has 0 bridgehead atoms. The highest BCUT2D eigenvalue weighted by atomic mass is 19.1. The normalized spacial score (nSPS) is 11.0. The van der Waals surface area contributed by atoms with E-state index in [1.165, 1.54) is 19.2 Å². The van der Waals surface area contributed by atoms with Crippen molar-refractivity contribution >= 4 is 6.09 Å². The summed E-state index contributed by atoms with van der Waals surface area (Å²) >= 11 is 0. The third-order valence-corrected chi connectivity index (χ3v) is 2.25. The Labute approximate surface area is 112 Å². The van der Waals surface area contributed by atoms with E-state index in [2.05, 4.69) is 5.32 Å². The van der Waals surface area contributed by atoms with Gasteiger partial charge in [0.2, 0.25) is 0 Å². The van der Waals surface area contributed by atoms with Crippen LogP contribution in [0.25, 0.3) is 0 Å². The summed E-state index contributed by atoms with van der Waals surface area (Å²) in [6.45, 7) is 5.76. The monoisotopic (exact) mass is 269 g/mol. The summed E-state index contributed by atoms with van der Waals surface area (Å²) in [5.41, 5.74) is 0.236. The predicted molar refractivity (Wildman–Crippen MR) is 70.9 cm³/mol. The van der Waals surface area contributed by atoms with E-state index in [1.807, 2.05) is 0 Å². The fraction of sp³-hybridized carbons (Fsp3) is 0.500. The summed E-state index contributed by atoms with van der Waals surface area (Å²) in [5.74, 6) is 0.110. The van der Waals surface area contributed by atoms with Crippen LogP contribution in [0.1, 0.15) is 26.3 Å². The van der Waals surface area contributed by atoms with Crippen molar-refractivity contribution < 1.29 is 18.7 Å². The van der Waals surface area contributed by atoms with Crippen LogP contribution in [-0.4, -0.2) is 25.3 Å². The Kier molecular flexibility index (Phi) is 5.15. The van der Waals surface area contributed by atoms with Gasteiger partial charge in [-0.25, -0.2) is 9.18 Å². The van der Waals surface area contributed by atoms with Crippen LogP contribution in [0.15, 0.2) is 18.2 Å². The maximum absolute atomic E-state index is 13.2. The highest BCUT2D eigenvalue weighted by molar-refractivity contribution is 5.67. The van der Waals surface area contributed by atoms with Crippen LogP contribution in [-0.2, 0) is 11.2 Å². The third-order valence-electron chi connectivity index (χ3n) is 2.25. The van der Waals surface area contributed by atoms with Gasteiger partial charge in [0.05, 0.1) is 7.11 Å². The Bertz CT molecular complexity index is 441. The minimum Gasteiger partial charge on any atom is -0.497 e. The van der Waals surface area contributed by atoms with Crippen LogP contribution < -0.4 is 10.1 Å². The second-order valence-electron chi connectivity index (χ2n) is 5.18. The summed E-state index contributed by atoms with van der Waals surface area (Å²) in [6, 6.07) is 4.46. The highest BCUT2D eigenvalue weighted by Gasteiger charge is 2.15. The van der Waals surface area contributed by atoms with Gasteiger partial charge in [0.1, 0.15) is 17.2 Å². The van der Waals surface area contributed by atoms with Crippen molar-refractivity contribution in [3.05, 3.63) is 29.6 Å². The van der Waals surface area contributed by atoms with E-state index in [-0.39, 0.29) is 5.82 Å². The molecule has 0 saturated heterocycles. The van der Waals surface area contributed by atoms with Crippen LogP contribution in [0.2, 0.25) is 0 Å². The molecular formula is C14H20FNO3. The molecule has 1 aromatic rings. The molecule has 1 rings (SSSR count). The highest BCUT2D eigenvalue weighted by Crippen LogP contribution is 2.16. The Balaban J connectivity index is 2.45. The number of amides is 1. The largest absolute Gasteiger partial charge is 0.497 e.